The molecule has 1 heterocycles. The fourth-order valence-electron chi connectivity index (χ4n) is 5.68. The number of aryl methyl sites for hydroxylation is 1. The van der Waals surface area contributed by atoms with Crippen molar-refractivity contribution in [1.82, 2.24) is 9.78 Å². The predicted molar refractivity (Wildman–Crippen MR) is 146 cm³/mol. The maximum atomic E-state index is 5.29. The van der Waals surface area contributed by atoms with Gasteiger partial charge in [-0.05, 0) is 63.4 Å². The van der Waals surface area contributed by atoms with Crippen molar-refractivity contribution in [3.05, 3.63) is 78.0 Å². The first kappa shape index (κ1) is 24.5. The minimum atomic E-state index is 0.738. The van der Waals surface area contributed by atoms with Crippen molar-refractivity contribution in [2.75, 3.05) is 0 Å². The lowest BCUT2D eigenvalue weighted by atomic mass is 9.79. The third-order valence-electron chi connectivity index (χ3n) is 7.51. The van der Waals surface area contributed by atoms with Crippen LogP contribution in [0.3, 0.4) is 0 Å². The summed E-state index contributed by atoms with van der Waals surface area (Å²) < 4.78 is 2.38. The fraction of sp³-hybridized carbons (Fsp3) is 0.469. The molecule has 0 N–H and O–H groups in total. The van der Waals surface area contributed by atoms with E-state index in [0.29, 0.717) is 0 Å². The van der Waals surface area contributed by atoms with E-state index in [-0.39, 0.29) is 0 Å². The molecule has 2 aromatic carbocycles. The molecule has 0 spiro atoms. The highest BCUT2D eigenvalue weighted by Crippen LogP contribution is 2.38. The van der Waals surface area contributed by atoms with Gasteiger partial charge in [0.15, 0.2) is 0 Å². The molecular formula is C32H42N2. The second kappa shape index (κ2) is 11.7. The molecule has 1 aliphatic carbocycles. The lowest BCUT2D eigenvalue weighted by Gasteiger charge is -2.29. The van der Waals surface area contributed by atoms with Gasteiger partial charge in [-0.25, -0.2) is 0 Å². The van der Waals surface area contributed by atoms with E-state index in [0.717, 1.165) is 36.9 Å². The van der Waals surface area contributed by atoms with Crippen molar-refractivity contribution in [1.29, 1.82) is 0 Å². The Labute approximate surface area is 207 Å². The number of rotatable bonds is 10. The van der Waals surface area contributed by atoms with Crippen LogP contribution in [0.25, 0.3) is 22.4 Å². The molecule has 1 aliphatic rings. The van der Waals surface area contributed by atoms with Crippen molar-refractivity contribution < 1.29 is 0 Å². The summed E-state index contributed by atoms with van der Waals surface area (Å²) in [5.74, 6) is 1.65. The molecule has 0 bridgehead atoms. The summed E-state index contributed by atoms with van der Waals surface area (Å²) in [6.07, 6.45) is 11.5. The lowest BCUT2D eigenvalue weighted by molar-refractivity contribution is 0.233. The molecule has 34 heavy (non-hydrogen) atoms. The average molecular weight is 455 g/mol. The third-order valence-corrected chi connectivity index (χ3v) is 7.51. The second-order valence-corrected chi connectivity index (χ2v) is 10.6. The zero-order valence-corrected chi connectivity index (χ0v) is 21.5. The standard InChI is InChI=1S/C32H42N2/c1-5-11-30-31(29-17-10-13-25(4)22-29)32(28-15-7-6-8-16-28)33-34(30)23-27-20-18-26(19-21-27)14-9-12-24(2)3/h6-8,10,13,15-17,22,26-27H,2,5,9,11-12,14,18-21,23H2,1,3-4H3. The smallest absolute Gasteiger partial charge is 0.100 e. The normalized spacial score (nSPS) is 18.2. The molecule has 180 valence electrons. The molecular weight excluding hydrogens is 412 g/mol. The molecule has 2 heteroatoms. The van der Waals surface area contributed by atoms with Crippen LogP contribution in [0.5, 0.6) is 0 Å². The van der Waals surface area contributed by atoms with Gasteiger partial charge in [-0.3, -0.25) is 4.68 Å². The molecule has 1 aromatic heterocycles. The van der Waals surface area contributed by atoms with Crippen LogP contribution in [0.4, 0.5) is 0 Å². The molecule has 1 fully saturated rings. The Kier molecular flexibility index (Phi) is 8.43. The molecule has 0 unspecified atom stereocenters. The van der Waals surface area contributed by atoms with Crippen LogP contribution >= 0.6 is 0 Å². The number of hydrogen-bond acceptors (Lipinski definition) is 1. The van der Waals surface area contributed by atoms with Gasteiger partial charge >= 0.3 is 0 Å². The van der Waals surface area contributed by atoms with Crippen molar-refractivity contribution >= 4 is 0 Å². The first-order valence-corrected chi connectivity index (χ1v) is 13.4. The van der Waals surface area contributed by atoms with Crippen molar-refractivity contribution in [2.45, 2.75) is 85.1 Å². The van der Waals surface area contributed by atoms with Crippen LogP contribution in [0, 0.1) is 18.8 Å². The van der Waals surface area contributed by atoms with Crippen LogP contribution in [-0.4, -0.2) is 9.78 Å². The summed E-state index contributed by atoms with van der Waals surface area (Å²) in [6, 6.07) is 19.7. The first-order chi connectivity index (χ1) is 16.5. The van der Waals surface area contributed by atoms with Crippen molar-refractivity contribution in [3.63, 3.8) is 0 Å². The fourth-order valence-corrected chi connectivity index (χ4v) is 5.68. The Balaban J connectivity index is 1.59. The van der Waals surface area contributed by atoms with E-state index in [2.05, 4.69) is 86.6 Å². The summed E-state index contributed by atoms with van der Waals surface area (Å²) in [5.41, 5.74) is 9.04. The Morgan fingerprint density at radius 1 is 0.971 bits per heavy atom. The van der Waals surface area contributed by atoms with Crippen LogP contribution in [0.2, 0.25) is 0 Å². The van der Waals surface area contributed by atoms with Crippen LogP contribution in [0.1, 0.15) is 76.5 Å². The minimum Gasteiger partial charge on any atom is -0.268 e. The highest BCUT2D eigenvalue weighted by molar-refractivity contribution is 5.83. The number of nitrogens with zero attached hydrogens (tertiary/aromatic N) is 2. The average Bonchev–Trinajstić information content (AvgIpc) is 3.19. The predicted octanol–water partition coefficient (Wildman–Crippen LogP) is 9.03. The van der Waals surface area contributed by atoms with Crippen molar-refractivity contribution in [2.24, 2.45) is 11.8 Å². The summed E-state index contributed by atoms with van der Waals surface area (Å²) >= 11 is 0. The van der Waals surface area contributed by atoms with Crippen LogP contribution in [-0.2, 0) is 13.0 Å². The molecule has 0 radical (unpaired) electrons. The molecule has 0 saturated heterocycles. The van der Waals surface area contributed by atoms with E-state index in [4.69, 9.17) is 5.10 Å². The summed E-state index contributed by atoms with van der Waals surface area (Å²) in [7, 11) is 0. The highest BCUT2D eigenvalue weighted by atomic mass is 15.3. The van der Waals surface area contributed by atoms with Gasteiger partial charge in [0.2, 0.25) is 0 Å². The quantitative estimate of drug-likeness (QED) is 0.279. The van der Waals surface area contributed by atoms with Crippen molar-refractivity contribution in [3.8, 4) is 22.4 Å². The molecule has 0 aliphatic heterocycles. The second-order valence-electron chi connectivity index (χ2n) is 10.6. The summed E-state index contributed by atoms with van der Waals surface area (Å²) in [4.78, 5) is 0. The number of benzene rings is 2. The number of hydrogen-bond donors (Lipinski definition) is 0. The van der Waals surface area contributed by atoms with Gasteiger partial charge in [0.1, 0.15) is 5.69 Å². The van der Waals surface area contributed by atoms with E-state index in [1.807, 2.05) is 0 Å². The largest absolute Gasteiger partial charge is 0.268 e. The zero-order chi connectivity index (χ0) is 23.9. The van der Waals surface area contributed by atoms with Gasteiger partial charge in [0.25, 0.3) is 0 Å². The first-order valence-electron chi connectivity index (χ1n) is 13.4. The van der Waals surface area contributed by atoms with Gasteiger partial charge in [0.05, 0.1) is 0 Å². The topological polar surface area (TPSA) is 17.8 Å². The molecule has 0 atom stereocenters. The van der Waals surface area contributed by atoms with Crippen LogP contribution < -0.4 is 0 Å². The van der Waals surface area contributed by atoms with Gasteiger partial charge in [0, 0.05) is 23.4 Å². The van der Waals surface area contributed by atoms with Crippen LogP contribution in [0.15, 0.2) is 66.7 Å². The van der Waals surface area contributed by atoms with Gasteiger partial charge in [-0.15, -0.1) is 6.58 Å². The lowest BCUT2D eigenvalue weighted by Crippen LogP contribution is -2.21. The number of aromatic nitrogens is 2. The van der Waals surface area contributed by atoms with Gasteiger partial charge in [-0.1, -0.05) is 98.3 Å². The van der Waals surface area contributed by atoms with E-state index in [1.54, 1.807) is 0 Å². The van der Waals surface area contributed by atoms with Gasteiger partial charge < -0.3 is 0 Å². The highest BCUT2D eigenvalue weighted by Gasteiger charge is 2.25. The Bertz CT molecular complexity index is 1070. The molecule has 1 saturated carbocycles. The third kappa shape index (κ3) is 6.09. The van der Waals surface area contributed by atoms with Gasteiger partial charge in [-0.2, -0.15) is 5.10 Å². The Hall–Kier alpha value is -2.61. The summed E-state index contributed by atoms with van der Waals surface area (Å²) in [5, 5.41) is 5.29. The van der Waals surface area contributed by atoms with E-state index < -0.39 is 0 Å². The molecule has 4 rings (SSSR count). The monoisotopic (exact) mass is 454 g/mol. The maximum absolute atomic E-state index is 5.29. The Morgan fingerprint density at radius 3 is 2.35 bits per heavy atom. The summed E-state index contributed by atoms with van der Waals surface area (Å²) in [6.45, 7) is 11.8. The van der Waals surface area contributed by atoms with E-state index in [1.165, 1.54) is 78.5 Å². The molecule has 0 amide bonds. The minimum absolute atomic E-state index is 0.738. The number of allylic oxidation sites excluding steroid dienone is 1. The maximum Gasteiger partial charge on any atom is 0.100 e. The van der Waals surface area contributed by atoms with E-state index >= 15 is 0 Å². The van der Waals surface area contributed by atoms with E-state index in [9.17, 15) is 0 Å². The molecule has 3 aromatic rings. The molecule has 2 nitrogen and oxygen atoms in total. The Morgan fingerprint density at radius 2 is 1.68 bits per heavy atom. The zero-order valence-electron chi connectivity index (χ0n) is 21.5. The SMILES string of the molecule is C=C(C)CCCC1CCC(Cn2nc(-c3ccccc3)c(-c3cccc(C)c3)c2CCC)CC1.